The number of nitrogen functional groups attached to an aromatic ring is 1. The van der Waals surface area contributed by atoms with Gasteiger partial charge in [0.05, 0.1) is 23.8 Å². The van der Waals surface area contributed by atoms with E-state index in [2.05, 4.69) is 20.0 Å². The number of aromatic hydroxyl groups is 1. The van der Waals surface area contributed by atoms with Gasteiger partial charge in [-0.25, -0.2) is 24.6 Å². The van der Waals surface area contributed by atoms with Crippen LogP contribution >= 0.6 is 0 Å². The van der Waals surface area contributed by atoms with E-state index in [1.165, 1.54) is 51.2 Å². The molecule has 73 heavy (non-hydrogen) atoms. The molecule has 4 aromatic rings. The van der Waals surface area contributed by atoms with Gasteiger partial charge in [-0.15, -0.1) is 0 Å². The molecule has 15 N–H and O–H groups in total. The second-order valence-electron chi connectivity index (χ2n) is 19.1. The number of aliphatic hydroxyl groups is 3. The van der Waals surface area contributed by atoms with Crippen LogP contribution in [0.15, 0.2) is 48.5 Å². The van der Waals surface area contributed by atoms with Crippen molar-refractivity contribution < 1.29 is 67.4 Å². The number of aryl methyl sites for hydroxylation is 1. The van der Waals surface area contributed by atoms with Crippen molar-refractivity contribution in [1.29, 1.82) is 0 Å². The summed E-state index contributed by atoms with van der Waals surface area (Å²) in [5.41, 5.74) is 19.4. The van der Waals surface area contributed by atoms with E-state index in [4.69, 9.17) is 31.8 Å². The standard InChI is InChI=1S/C49H65N9O14S/c1-24-11-38(63)42(27-15-35(43(64)40(17-27)72-23-32(61)19-51)34-12-26(13-36(48(67)68)56-46(24)65)7-10-39(34)71-22-31(60)18-50)58(6)47(66)28(20-54-73(53,69)70)16-37(62)41-25(2)55-45(57-44(41)52)33-9-8-30(49(3,4)5)14-29(33)21-59/h7-10,12,14-15,17,24,28,31-32,36,42,54,59-61,64H,11,13,16,18-23,50-51H2,1-6H3,(H,56,65)(H,67,68)(H2,52,55,57)(H2,53,69,70)/t24-,28+,31-,32-,36+,42+/m1/s1. The molecule has 0 aliphatic carbocycles. The number of phenolic OH excluding ortho intramolecular Hbond substituents is 1. The van der Waals surface area contributed by atoms with Gasteiger partial charge in [-0.2, -0.15) is 8.42 Å². The van der Waals surface area contributed by atoms with Gasteiger partial charge < -0.3 is 62.4 Å². The van der Waals surface area contributed by atoms with Gasteiger partial charge in [0.15, 0.2) is 28.9 Å². The molecule has 23 nitrogen and oxygen atoms in total. The summed E-state index contributed by atoms with van der Waals surface area (Å²) in [4.78, 5) is 80.2. The Bertz CT molecular complexity index is 2820. The Hall–Kier alpha value is -6.64. The highest BCUT2D eigenvalue weighted by Crippen LogP contribution is 2.45. The van der Waals surface area contributed by atoms with Crippen molar-refractivity contribution in [3.63, 3.8) is 0 Å². The molecule has 1 aliphatic rings. The number of aliphatic carboxylic acids is 1. The number of nitrogens with zero attached hydrogens (tertiary/aromatic N) is 3. The minimum absolute atomic E-state index is 0.0204. The zero-order valence-corrected chi connectivity index (χ0v) is 42.2. The van der Waals surface area contributed by atoms with Crippen LogP contribution in [0.5, 0.6) is 17.2 Å². The Labute approximate surface area is 422 Å². The Morgan fingerprint density at radius 1 is 0.932 bits per heavy atom. The monoisotopic (exact) mass is 1040 g/mol. The number of anilines is 1. The van der Waals surface area contributed by atoms with Gasteiger partial charge >= 0.3 is 5.97 Å². The zero-order valence-electron chi connectivity index (χ0n) is 41.4. The van der Waals surface area contributed by atoms with Crippen LogP contribution in [0.3, 0.4) is 0 Å². The molecule has 396 valence electrons. The molecular formula is C49H65N9O14S. The molecule has 0 fully saturated rings. The van der Waals surface area contributed by atoms with Crippen molar-refractivity contribution in [2.24, 2.45) is 28.4 Å². The summed E-state index contributed by atoms with van der Waals surface area (Å²) in [6.07, 6.45) is -4.06. The number of ketones is 2. The lowest BCUT2D eigenvalue weighted by Gasteiger charge is -2.32. The summed E-state index contributed by atoms with van der Waals surface area (Å²) in [7, 11) is -3.33. The van der Waals surface area contributed by atoms with Crippen molar-refractivity contribution in [3.8, 4) is 39.8 Å². The van der Waals surface area contributed by atoms with Gasteiger partial charge in [-0.05, 0) is 58.9 Å². The number of phenols is 1. The zero-order chi connectivity index (χ0) is 54.3. The second kappa shape index (κ2) is 23.9. The Kier molecular flexibility index (Phi) is 18.8. The number of Topliss-reactive ketones (excluding diaryl/α,β-unsaturated/α-hetero) is 2. The number of likely N-dealkylation sites (N-methyl/N-ethyl adjacent to an activating group) is 1. The summed E-state index contributed by atoms with van der Waals surface area (Å²) >= 11 is 0. The van der Waals surface area contributed by atoms with Gasteiger partial charge in [0.2, 0.25) is 11.8 Å². The molecule has 5 rings (SSSR count). The Morgan fingerprint density at radius 2 is 1.58 bits per heavy atom. The molecule has 1 aromatic heterocycles. The van der Waals surface area contributed by atoms with Gasteiger partial charge in [-0.1, -0.05) is 52.0 Å². The SMILES string of the molecule is Cc1nc(-c2ccc(C(C)(C)C)cc2CO)nc(N)c1C(=O)C[C@@H](CNS(N)(=O)=O)C(=O)N(C)[C@@H]1C(=O)C[C@@H](C)C(=O)N[C@H](C(=O)O)Cc2ccc(OC[C@H](O)CN)c(c2)-c2cc1cc(OC[C@H](O)CN)c2O. The molecular weight excluding hydrogens is 971 g/mol. The molecule has 0 unspecified atom stereocenters. The molecule has 1 aliphatic heterocycles. The number of hydrogen-bond acceptors (Lipinski definition) is 18. The summed E-state index contributed by atoms with van der Waals surface area (Å²) in [6, 6.07) is 9.04. The quantitative estimate of drug-likeness (QED) is 0.0570. The number of carbonyl (C=O) groups excluding carboxylic acids is 4. The lowest BCUT2D eigenvalue weighted by molar-refractivity contribution is -0.143. The van der Waals surface area contributed by atoms with Crippen LogP contribution in [0.1, 0.15) is 84.9 Å². The maximum absolute atomic E-state index is 15.0. The van der Waals surface area contributed by atoms with Gasteiger partial charge in [0.1, 0.15) is 49.1 Å². The first-order valence-electron chi connectivity index (χ1n) is 23.2. The average molecular weight is 1040 g/mol. The van der Waals surface area contributed by atoms with Crippen molar-refractivity contribution in [3.05, 3.63) is 82.0 Å². The largest absolute Gasteiger partial charge is 0.504 e. The number of carboxylic acids is 1. The first kappa shape index (κ1) is 57.3. The number of fused-ring (bicyclic) bond motifs is 5. The normalized spacial score (nSPS) is 17.7. The smallest absolute Gasteiger partial charge is 0.326 e. The second-order valence-corrected chi connectivity index (χ2v) is 20.4. The number of amides is 2. The molecule has 3 aromatic carbocycles. The number of rotatable bonds is 19. The van der Waals surface area contributed by atoms with Crippen molar-refractivity contribution >= 4 is 45.4 Å². The number of nitrogens with two attached hydrogens (primary N) is 4. The van der Waals surface area contributed by atoms with Gasteiger partial charge in [0.25, 0.3) is 10.2 Å². The number of hydrogen-bond donors (Lipinski definition) is 11. The molecule has 0 spiro atoms. The van der Waals surface area contributed by atoms with E-state index in [0.717, 1.165) is 10.5 Å². The van der Waals surface area contributed by atoms with Crippen LogP contribution in [-0.2, 0) is 47.8 Å². The van der Waals surface area contributed by atoms with E-state index in [0.29, 0.717) is 16.7 Å². The summed E-state index contributed by atoms with van der Waals surface area (Å²) in [5, 5.41) is 60.9. The van der Waals surface area contributed by atoms with Crippen LogP contribution < -0.4 is 41.9 Å². The Balaban J connectivity index is 1.68. The van der Waals surface area contributed by atoms with Crippen molar-refractivity contribution in [1.82, 2.24) is 24.9 Å². The molecule has 2 amide bonds. The molecule has 6 atom stereocenters. The third-order valence-electron chi connectivity index (χ3n) is 12.3. The van der Waals surface area contributed by atoms with Gasteiger partial charge in [0, 0.05) is 68.6 Å². The number of nitrogens with one attached hydrogen (secondary N) is 2. The van der Waals surface area contributed by atoms with E-state index in [1.54, 1.807) is 6.07 Å². The minimum Gasteiger partial charge on any atom is -0.504 e. The molecule has 2 heterocycles. The fourth-order valence-electron chi connectivity index (χ4n) is 8.21. The first-order chi connectivity index (χ1) is 34.2. The number of aromatic nitrogens is 2. The predicted molar refractivity (Wildman–Crippen MR) is 267 cm³/mol. The molecule has 0 radical (unpaired) electrons. The number of aliphatic hydroxyl groups excluding tert-OH is 3. The van der Waals surface area contributed by atoms with Crippen LogP contribution in [0.4, 0.5) is 5.82 Å². The summed E-state index contributed by atoms with van der Waals surface area (Å²) in [5.74, 6) is -8.81. The third-order valence-corrected chi connectivity index (χ3v) is 12.9. The van der Waals surface area contributed by atoms with E-state index < -0.39 is 107 Å². The summed E-state index contributed by atoms with van der Waals surface area (Å²) < 4.78 is 38.5. The molecule has 0 saturated carbocycles. The fraction of sp³-hybridized carbons (Fsp3) is 0.449. The minimum atomic E-state index is -4.52. The highest BCUT2D eigenvalue weighted by molar-refractivity contribution is 7.87. The van der Waals surface area contributed by atoms with Crippen LogP contribution in [0.2, 0.25) is 0 Å². The number of benzene rings is 3. The highest BCUT2D eigenvalue weighted by Gasteiger charge is 2.38. The lowest BCUT2D eigenvalue weighted by atomic mass is 9.85. The van der Waals surface area contributed by atoms with Gasteiger partial charge in [-0.3, -0.25) is 19.2 Å². The molecule has 0 saturated heterocycles. The van der Waals surface area contributed by atoms with E-state index >= 15 is 0 Å². The van der Waals surface area contributed by atoms with Crippen molar-refractivity contribution in [2.75, 3.05) is 45.6 Å². The van der Waals surface area contributed by atoms with Crippen molar-refractivity contribution in [2.45, 2.75) is 90.2 Å². The van der Waals surface area contributed by atoms with E-state index in [-0.39, 0.29) is 89.2 Å². The van der Waals surface area contributed by atoms with E-state index in [9.17, 15) is 57.9 Å². The fourth-order valence-corrected chi connectivity index (χ4v) is 8.64. The summed E-state index contributed by atoms with van der Waals surface area (Å²) in [6.45, 7) is 6.45. The number of carbonyl (C=O) groups is 5. The van der Waals surface area contributed by atoms with E-state index in [1.807, 2.05) is 32.9 Å². The third kappa shape index (κ3) is 14.3. The lowest BCUT2D eigenvalue weighted by Crippen LogP contribution is -2.46. The number of carboxylic acid groups (broad SMARTS) is 1. The highest BCUT2D eigenvalue weighted by atomic mass is 32.2. The first-order valence-corrected chi connectivity index (χ1v) is 24.8. The molecule has 4 bridgehead atoms. The molecule has 24 heteroatoms. The maximum Gasteiger partial charge on any atom is 0.326 e. The number of ether oxygens (including phenoxy) is 2. The predicted octanol–water partition coefficient (Wildman–Crippen LogP) is 0.496. The topological polar surface area (TPSA) is 396 Å². The average Bonchev–Trinajstić information content (AvgIpc) is 3.32. The maximum atomic E-state index is 15.0. The Morgan fingerprint density at radius 3 is 2.15 bits per heavy atom. The van der Waals surface area contributed by atoms with Crippen LogP contribution in [0, 0.1) is 18.8 Å². The van der Waals surface area contributed by atoms with Crippen LogP contribution in [0.25, 0.3) is 22.5 Å². The van der Waals surface area contributed by atoms with Crippen LogP contribution in [-0.4, -0.2) is 136 Å².